The molecule has 4 heteroatoms. The molecule has 0 spiro atoms. The third-order valence-electron chi connectivity index (χ3n) is 2.99. The molecule has 0 aliphatic heterocycles. The molecule has 1 heterocycles. The lowest BCUT2D eigenvalue weighted by Gasteiger charge is -2.29. The molecule has 0 aliphatic rings. The number of carbonyl (C=O) groups is 1. The van der Waals surface area contributed by atoms with Crippen molar-refractivity contribution in [3.05, 3.63) is 66.0 Å². The van der Waals surface area contributed by atoms with Gasteiger partial charge >= 0.3 is 0 Å². The smallest absolute Gasteiger partial charge is 0.255 e. The van der Waals surface area contributed by atoms with Crippen molar-refractivity contribution in [3.63, 3.8) is 0 Å². The lowest BCUT2D eigenvalue weighted by Crippen LogP contribution is -2.41. The summed E-state index contributed by atoms with van der Waals surface area (Å²) in [4.78, 5) is 18.2. The van der Waals surface area contributed by atoms with Crippen LogP contribution < -0.4 is 0 Å². The van der Waals surface area contributed by atoms with E-state index in [1.807, 2.05) is 30.3 Å². The number of rotatable bonds is 5. The molecule has 1 N–H and O–H groups in total. The number of benzene rings is 1. The van der Waals surface area contributed by atoms with E-state index in [9.17, 15) is 9.90 Å². The summed E-state index contributed by atoms with van der Waals surface area (Å²) in [5.41, 5.74) is 0.601. The van der Waals surface area contributed by atoms with Crippen molar-refractivity contribution in [3.8, 4) is 0 Å². The van der Waals surface area contributed by atoms with Crippen molar-refractivity contribution in [2.24, 2.45) is 0 Å². The molecule has 0 bridgehead atoms. The maximum atomic E-state index is 12.6. The van der Waals surface area contributed by atoms with Gasteiger partial charge in [0.1, 0.15) is 0 Å². The van der Waals surface area contributed by atoms with Crippen molar-refractivity contribution >= 4 is 5.91 Å². The summed E-state index contributed by atoms with van der Waals surface area (Å²) in [6.07, 6.45) is 3.18. The number of carbonyl (C=O) groups excluding carboxylic acids is 1. The lowest BCUT2D eigenvalue weighted by atomic mass is 10.1. The standard InChI is InChI=1S/C17H20N2O2/c1-17(2,21)13-19(12-14-7-4-3-5-8-14)16(20)15-9-6-10-18-11-15/h3-11,21H,12-13H2,1-2H3. The quantitative estimate of drug-likeness (QED) is 0.917. The summed E-state index contributed by atoms with van der Waals surface area (Å²) >= 11 is 0. The van der Waals surface area contributed by atoms with E-state index < -0.39 is 5.60 Å². The molecule has 0 aliphatic carbocycles. The number of aromatic nitrogens is 1. The highest BCUT2D eigenvalue weighted by Crippen LogP contribution is 2.13. The first-order valence-corrected chi connectivity index (χ1v) is 6.91. The third-order valence-corrected chi connectivity index (χ3v) is 2.99. The lowest BCUT2D eigenvalue weighted by molar-refractivity contribution is 0.0280. The largest absolute Gasteiger partial charge is 0.389 e. The topological polar surface area (TPSA) is 53.4 Å². The summed E-state index contributed by atoms with van der Waals surface area (Å²) in [7, 11) is 0. The SMILES string of the molecule is CC(C)(O)CN(Cc1ccccc1)C(=O)c1cccnc1. The van der Waals surface area contributed by atoms with Gasteiger partial charge in [-0.25, -0.2) is 0 Å². The first kappa shape index (κ1) is 15.2. The molecule has 110 valence electrons. The minimum absolute atomic E-state index is 0.130. The minimum atomic E-state index is -0.952. The summed E-state index contributed by atoms with van der Waals surface area (Å²) in [5.74, 6) is -0.130. The number of pyridine rings is 1. The van der Waals surface area contributed by atoms with Crippen LogP contribution in [0.15, 0.2) is 54.9 Å². The number of nitrogens with zero attached hydrogens (tertiary/aromatic N) is 2. The van der Waals surface area contributed by atoms with E-state index in [4.69, 9.17) is 0 Å². The van der Waals surface area contributed by atoms with Gasteiger partial charge in [-0.05, 0) is 31.5 Å². The Kier molecular flexibility index (Phi) is 4.70. The molecular weight excluding hydrogens is 264 g/mol. The van der Waals surface area contributed by atoms with Gasteiger partial charge in [0.25, 0.3) is 5.91 Å². The van der Waals surface area contributed by atoms with Crippen LogP contribution in [-0.4, -0.2) is 33.0 Å². The normalized spacial score (nSPS) is 11.2. The van der Waals surface area contributed by atoms with Gasteiger partial charge in [0.2, 0.25) is 0 Å². The van der Waals surface area contributed by atoms with Crippen LogP contribution in [-0.2, 0) is 6.54 Å². The maximum Gasteiger partial charge on any atom is 0.255 e. The van der Waals surface area contributed by atoms with Crippen molar-refractivity contribution in [2.45, 2.75) is 26.0 Å². The van der Waals surface area contributed by atoms with Gasteiger partial charge in [0.15, 0.2) is 0 Å². The minimum Gasteiger partial charge on any atom is -0.389 e. The van der Waals surface area contributed by atoms with E-state index in [2.05, 4.69) is 4.98 Å². The molecule has 0 unspecified atom stereocenters. The average Bonchev–Trinajstić information content (AvgIpc) is 2.46. The molecule has 21 heavy (non-hydrogen) atoms. The molecular formula is C17H20N2O2. The van der Waals surface area contributed by atoms with Crippen molar-refractivity contribution in [1.29, 1.82) is 0 Å². The van der Waals surface area contributed by atoms with Crippen molar-refractivity contribution in [1.82, 2.24) is 9.88 Å². The number of hydrogen-bond donors (Lipinski definition) is 1. The Balaban J connectivity index is 2.22. The van der Waals surface area contributed by atoms with Crippen LogP contribution in [0.25, 0.3) is 0 Å². The molecule has 0 radical (unpaired) electrons. The molecule has 4 nitrogen and oxygen atoms in total. The fourth-order valence-corrected chi connectivity index (χ4v) is 2.14. The van der Waals surface area contributed by atoms with E-state index in [0.29, 0.717) is 12.1 Å². The predicted octanol–water partition coefficient (Wildman–Crippen LogP) is 2.49. The van der Waals surface area contributed by atoms with Crippen molar-refractivity contribution in [2.75, 3.05) is 6.54 Å². The van der Waals surface area contributed by atoms with Crippen LogP contribution in [0, 0.1) is 0 Å². The highest BCUT2D eigenvalue weighted by Gasteiger charge is 2.23. The summed E-state index contributed by atoms with van der Waals surface area (Å²) in [5, 5.41) is 10.1. The molecule has 0 fully saturated rings. The first-order valence-electron chi connectivity index (χ1n) is 6.91. The summed E-state index contributed by atoms with van der Waals surface area (Å²) in [6, 6.07) is 13.2. The first-order chi connectivity index (χ1) is 9.96. The third kappa shape index (κ3) is 4.68. The number of amides is 1. The van der Waals surface area contributed by atoms with E-state index in [1.165, 1.54) is 0 Å². The Hall–Kier alpha value is -2.20. The van der Waals surface area contributed by atoms with Crippen LogP contribution in [0.2, 0.25) is 0 Å². The second-order valence-corrected chi connectivity index (χ2v) is 5.70. The Bertz CT molecular complexity index is 577. The molecule has 2 rings (SSSR count). The number of hydrogen-bond acceptors (Lipinski definition) is 3. The molecule has 0 saturated carbocycles. The number of aliphatic hydroxyl groups is 1. The zero-order valence-electron chi connectivity index (χ0n) is 12.4. The Labute approximate surface area is 125 Å². The van der Waals surface area contributed by atoms with Gasteiger partial charge in [0, 0.05) is 25.5 Å². The molecule has 2 aromatic rings. The second kappa shape index (κ2) is 6.50. The van der Waals surface area contributed by atoms with E-state index in [1.54, 1.807) is 43.3 Å². The van der Waals surface area contributed by atoms with Gasteiger partial charge in [-0.1, -0.05) is 30.3 Å². The van der Waals surface area contributed by atoms with Crippen molar-refractivity contribution < 1.29 is 9.90 Å². The zero-order valence-corrected chi connectivity index (χ0v) is 12.4. The summed E-state index contributed by atoms with van der Waals surface area (Å²) < 4.78 is 0. The van der Waals surface area contributed by atoms with Gasteiger partial charge in [-0.15, -0.1) is 0 Å². The second-order valence-electron chi connectivity index (χ2n) is 5.70. The molecule has 0 atom stereocenters. The van der Waals surface area contributed by atoms with Gasteiger partial charge in [-0.3, -0.25) is 9.78 Å². The predicted molar refractivity (Wildman–Crippen MR) is 81.7 cm³/mol. The van der Waals surface area contributed by atoms with Crippen LogP contribution in [0.1, 0.15) is 29.8 Å². The van der Waals surface area contributed by atoms with E-state index in [-0.39, 0.29) is 12.5 Å². The Morgan fingerprint density at radius 2 is 1.90 bits per heavy atom. The Morgan fingerprint density at radius 3 is 2.48 bits per heavy atom. The van der Waals surface area contributed by atoms with Crippen LogP contribution in [0.5, 0.6) is 0 Å². The zero-order chi connectivity index (χ0) is 15.3. The van der Waals surface area contributed by atoms with Crippen LogP contribution in [0.4, 0.5) is 0 Å². The van der Waals surface area contributed by atoms with Crippen LogP contribution >= 0.6 is 0 Å². The fourth-order valence-electron chi connectivity index (χ4n) is 2.14. The molecule has 0 saturated heterocycles. The molecule has 1 aromatic carbocycles. The van der Waals surface area contributed by atoms with Gasteiger partial charge in [0.05, 0.1) is 11.2 Å². The monoisotopic (exact) mass is 284 g/mol. The van der Waals surface area contributed by atoms with E-state index in [0.717, 1.165) is 5.56 Å². The average molecular weight is 284 g/mol. The highest BCUT2D eigenvalue weighted by atomic mass is 16.3. The highest BCUT2D eigenvalue weighted by molar-refractivity contribution is 5.93. The van der Waals surface area contributed by atoms with Gasteiger partial charge in [-0.2, -0.15) is 0 Å². The summed E-state index contributed by atoms with van der Waals surface area (Å²) in [6.45, 7) is 4.11. The molecule has 1 amide bonds. The van der Waals surface area contributed by atoms with Gasteiger partial charge < -0.3 is 10.0 Å². The van der Waals surface area contributed by atoms with Crippen LogP contribution in [0.3, 0.4) is 0 Å². The molecule has 1 aromatic heterocycles. The van der Waals surface area contributed by atoms with E-state index >= 15 is 0 Å². The fraction of sp³-hybridized carbons (Fsp3) is 0.294. The Morgan fingerprint density at radius 1 is 1.19 bits per heavy atom. The maximum absolute atomic E-state index is 12.6.